The Bertz CT molecular complexity index is 362. The summed E-state index contributed by atoms with van der Waals surface area (Å²) in [4.78, 5) is 11.4. The molecule has 82 valence electrons. The van der Waals surface area contributed by atoms with Crippen LogP contribution in [-0.4, -0.2) is 17.1 Å². The number of amides is 1. The molecule has 4 nitrogen and oxygen atoms in total. The lowest BCUT2D eigenvalue weighted by Crippen LogP contribution is -2.23. The van der Waals surface area contributed by atoms with Crippen LogP contribution in [0.15, 0.2) is 18.2 Å². The minimum atomic E-state index is -0.191. The van der Waals surface area contributed by atoms with Crippen LogP contribution in [0.4, 0.5) is 5.69 Å². The van der Waals surface area contributed by atoms with E-state index >= 15 is 0 Å². The maximum atomic E-state index is 11.4. The molecule has 4 heteroatoms. The fourth-order valence-electron chi connectivity index (χ4n) is 1.24. The molecule has 0 bridgehead atoms. The molecule has 0 aliphatic rings. The topological polar surface area (TPSA) is 75.4 Å². The number of phenolic OH excluding ortho intramolecular Hbond substituents is 1. The molecule has 0 fully saturated rings. The zero-order chi connectivity index (χ0) is 11.4. The number of rotatable bonds is 3. The van der Waals surface area contributed by atoms with Gasteiger partial charge < -0.3 is 16.2 Å². The summed E-state index contributed by atoms with van der Waals surface area (Å²) in [5, 5.41) is 12.1. The molecule has 1 unspecified atom stereocenters. The molecule has 1 atom stereocenters. The van der Waals surface area contributed by atoms with E-state index in [4.69, 9.17) is 5.73 Å². The van der Waals surface area contributed by atoms with Gasteiger partial charge in [-0.05, 0) is 31.5 Å². The normalized spacial score (nSPS) is 12.2. The van der Waals surface area contributed by atoms with Crippen molar-refractivity contribution in [3.8, 4) is 5.75 Å². The second kappa shape index (κ2) is 4.79. The molecule has 1 aromatic carbocycles. The molecule has 0 aliphatic heterocycles. The highest BCUT2D eigenvalue weighted by Gasteiger charge is 2.08. The highest BCUT2D eigenvalue weighted by Crippen LogP contribution is 2.23. The van der Waals surface area contributed by atoms with Gasteiger partial charge in [-0.15, -0.1) is 0 Å². The van der Waals surface area contributed by atoms with Crippen LogP contribution < -0.4 is 11.1 Å². The van der Waals surface area contributed by atoms with Gasteiger partial charge >= 0.3 is 0 Å². The lowest BCUT2D eigenvalue weighted by Gasteiger charge is -2.09. The van der Waals surface area contributed by atoms with Crippen LogP contribution in [0.2, 0.25) is 0 Å². The van der Waals surface area contributed by atoms with E-state index in [0.29, 0.717) is 5.69 Å². The van der Waals surface area contributed by atoms with Crippen molar-refractivity contribution < 1.29 is 9.90 Å². The first-order chi connectivity index (χ1) is 6.99. The highest BCUT2D eigenvalue weighted by molar-refractivity contribution is 5.92. The summed E-state index contributed by atoms with van der Waals surface area (Å²) in [5.74, 6) is -0.114. The van der Waals surface area contributed by atoms with Crippen LogP contribution in [0.5, 0.6) is 5.75 Å². The predicted octanol–water partition coefficient (Wildman–Crippen LogP) is 1.38. The van der Waals surface area contributed by atoms with E-state index in [1.807, 2.05) is 13.0 Å². The minimum Gasteiger partial charge on any atom is -0.506 e. The SMILES string of the molecule is Cc1ccc(NC(=O)CC(C)N)c(O)c1. The van der Waals surface area contributed by atoms with Gasteiger partial charge in [0.25, 0.3) is 0 Å². The molecule has 0 aliphatic carbocycles. The standard InChI is InChI=1S/C11H16N2O2/c1-7-3-4-9(10(14)5-7)13-11(15)6-8(2)12/h3-5,8,14H,6,12H2,1-2H3,(H,13,15). The first kappa shape index (κ1) is 11.5. The summed E-state index contributed by atoms with van der Waals surface area (Å²) in [5.41, 5.74) is 6.85. The van der Waals surface area contributed by atoms with Gasteiger partial charge in [-0.2, -0.15) is 0 Å². The zero-order valence-electron chi connectivity index (χ0n) is 8.95. The van der Waals surface area contributed by atoms with Crippen molar-refractivity contribution in [3.05, 3.63) is 23.8 Å². The monoisotopic (exact) mass is 208 g/mol. The third-order valence-electron chi connectivity index (χ3n) is 1.93. The van der Waals surface area contributed by atoms with Crippen LogP contribution in [0.3, 0.4) is 0 Å². The quantitative estimate of drug-likeness (QED) is 0.657. The highest BCUT2D eigenvalue weighted by atomic mass is 16.3. The van der Waals surface area contributed by atoms with Crippen molar-refractivity contribution in [3.63, 3.8) is 0 Å². The molecule has 1 aromatic rings. The van der Waals surface area contributed by atoms with Crippen LogP contribution in [0.25, 0.3) is 0 Å². The molecule has 0 heterocycles. The van der Waals surface area contributed by atoms with Gasteiger partial charge in [-0.1, -0.05) is 6.07 Å². The fourth-order valence-corrected chi connectivity index (χ4v) is 1.24. The van der Waals surface area contributed by atoms with E-state index < -0.39 is 0 Å². The Morgan fingerprint density at radius 3 is 2.80 bits per heavy atom. The van der Waals surface area contributed by atoms with Crippen LogP contribution in [-0.2, 0) is 4.79 Å². The number of carbonyl (C=O) groups is 1. The third kappa shape index (κ3) is 3.59. The number of benzene rings is 1. The fraction of sp³-hybridized carbons (Fsp3) is 0.364. The van der Waals surface area contributed by atoms with E-state index in [2.05, 4.69) is 5.32 Å². The lowest BCUT2D eigenvalue weighted by molar-refractivity contribution is -0.116. The molecular formula is C11H16N2O2. The lowest BCUT2D eigenvalue weighted by atomic mass is 10.2. The van der Waals surface area contributed by atoms with Gasteiger partial charge in [0.2, 0.25) is 5.91 Å². The van der Waals surface area contributed by atoms with Gasteiger partial charge in [-0.3, -0.25) is 4.79 Å². The Labute approximate surface area is 89.1 Å². The molecule has 4 N–H and O–H groups in total. The number of carbonyl (C=O) groups excluding carboxylic acids is 1. The summed E-state index contributed by atoms with van der Waals surface area (Å²) in [7, 11) is 0. The average Bonchev–Trinajstić information content (AvgIpc) is 2.08. The largest absolute Gasteiger partial charge is 0.506 e. The van der Waals surface area contributed by atoms with Crippen molar-refractivity contribution in [1.29, 1.82) is 0 Å². The third-order valence-corrected chi connectivity index (χ3v) is 1.93. The summed E-state index contributed by atoms with van der Waals surface area (Å²) in [6.07, 6.45) is 0.243. The molecule has 15 heavy (non-hydrogen) atoms. The molecular weight excluding hydrogens is 192 g/mol. The van der Waals surface area contributed by atoms with E-state index in [1.165, 1.54) is 0 Å². The average molecular weight is 208 g/mol. The zero-order valence-corrected chi connectivity index (χ0v) is 8.95. The van der Waals surface area contributed by atoms with Crippen molar-refractivity contribution in [1.82, 2.24) is 0 Å². The smallest absolute Gasteiger partial charge is 0.226 e. The Hall–Kier alpha value is -1.55. The van der Waals surface area contributed by atoms with E-state index in [9.17, 15) is 9.90 Å². The van der Waals surface area contributed by atoms with Gasteiger partial charge in [0.05, 0.1) is 5.69 Å². The Morgan fingerprint density at radius 2 is 2.27 bits per heavy atom. The van der Waals surface area contributed by atoms with Gasteiger partial charge in [0, 0.05) is 12.5 Å². The number of nitrogens with one attached hydrogen (secondary N) is 1. The molecule has 0 radical (unpaired) electrons. The van der Waals surface area contributed by atoms with Gasteiger partial charge in [-0.25, -0.2) is 0 Å². The number of phenols is 1. The summed E-state index contributed by atoms with van der Waals surface area (Å²) >= 11 is 0. The summed E-state index contributed by atoms with van der Waals surface area (Å²) in [6, 6.07) is 4.91. The van der Waals surface area contributed by atoms with Crippen molar-refractivity contribution in [2.45, 2.75) is 26.3 Å². The number of anilines is 1. The second-order valence-electron chi connectivity index (χ2n) is 3.75. The Morgan fingerprint density at radius 1 is 1.60 bits per heavy atom. The summed E-state index contributed by atoms with van der Waals surface area (Å²) < 4.78 is 0. The molecule has 1 rings (SSSR count). The minimum absolute atomic E-state index is 0.0769. The molecule has 0 spiro atoms. The first-order valence-corrected chi connectivity index (χ1v) is 4.84. The van der Waals surface area contributed by atoms with Crippen LogP contribution >= 0.6 is 0 Å². The second-order valence-corrected chi connectivity index (χ2v) is 3.75. The van der Waals surface area contributed by atoms with Crippen LogP contribution in [0.1, 0.15) is 18.9 Å². The van der Waals surface area contributed by atoms with E-state index in [-0.39, 0.29) is 24.1 Å². The number of hydrogen-bond donors (Lipinski definition) is 3. The van der Waals surface area contributed by atoms with Crippen LogP contribution in [0, 0.1) is 6.92 Å². The van der Waals surface area contributed by atoms with Gasteiger partial charge in [0.1, 0.15) is 5.75 Å². The predicted molar refractivity (Wildman–Crippen MR) is 59.7 cm³/mol. The van der Waals surface area contributed by atoms with Crippen molar-refractivity contribution in [2.24, 2.45) is 5.73 Å². The maximum Gasteiger partial charge on any atom is 0.226 e. The van der Waals surface area contributed by atoms with Crippen molar-refractivity contribution in [2.75, 3.05) is 5.32 Å². The Balaban J connectivity index is 2.68. The van der Waals surface area contributed by atoms with Crippen molar-refractivity contribution >= 4 is 11.6 Å². The summed E-state index contributed by atoms with van der Waals surface area (Å²) in [6.45, 7) is 3.63. The number of nitrogens with two attached hydrogens (primary N) is 1. The number of aryl methyl sites for hydroxylation is 1. The maximum absolute atomic E-state index is 11.4. The molecule has 0 saturated heterocycles. The Kier molecular flexibility index (Phi) is 3.68. The van der Waals surface area contributed by atoms with E-state index in [0.717, 1.165) is 5.56 Å². The molecule has 0 saturated carbocycles. The first-order valence-electron chi connectivity index (χ1n) is 4.84. The number of aromatic hydroxyl groups is 1. The van der Waals surface area contributed by atoms with E-state index in [1.54, 1.807) is 19.1 Å². The molecule has 0 aromatic heterocycles. The van der Waals surface area contributed by atoms with Gasteiger partial charge in [0.15, 0.2) is 0 Å². The molecule has 1 amide bonds. The number of hydrogen-bond acceptors (Lipinski definition) is 3.